The number of hydrogen-bond donors (Lipinski definition) is 4. The van der Waals surface area contributed by atoms with Crippen molar-refractivity contribution in [2.75, 3.05) is 0 Å². The van der Waals surface area contributed by atoms with Gasteiger partial charge in [-0.3, -0.25) is 0 Å². The summed E-state index contributed by atoms with van der Waals surface area (Å²) < 4.78 is 0. The molecule has 3 aliphatic rings. The molecular formula is C27H44O4. The van der Waals surface area contributed by atoms with Gasteiger partial charge in [-0.05, 0) is 99.5 Å². The predicted molar refractivity (Wildman–Crippen MR) is 125 cm³/mol. The fourth-order valence-corrected chi connectivity index (χ4v) is 6.64. The first-order chi connectivity index (χ1) is 14.4. The van der Waals surface area contributed by atoms with E-state index in [0.717, 1.165) is 36.8 Å². The lowest BCUT2D eigenvalue weighted by molar-refractivity contribution is -0.00259. The molecule has 0 saturated heterocycles. The summed E-state index contributed by atoms with van der Waals surface area (Å²) in [5.74, 6) is 1.23. The van der Waals surface area contributed by atoms with Crippen molar-refractivity contribution in [3.05, 3.63) is 35.5 Å². The van der Waals surface area contributed by atoms with Crippen LogP contribution in [0.4, 0.5) is 0 Å². The Hall–Kier alpha value is -0.940. The Morgan fingerprint density at radius 2 is 1.94 bits per heavy atom. The van der Waals surface area contributed by atoms with Crippen molar-refractivity contribution in [1.29, 1.82) is 0 Å². The zero-order valence-electron chi connectivity index (χ0n) is 20.0. The van der Waals surface area contributed by atoms with E-state index in [4.69, 9.17) is 0 Å². The van der Waals surface area contributed by atoms with Gasteiger partial charge >= 0.3 is 0 Å². The second-order valence-corrected chi connectivity index (χ2v) is 11.4. The van der Waals surface area contributed by atoms with Crippen molar-refractivity contribution in [3.8, 4) is 0 Å². The van der Waals surface area contributed by atoms with E-state index in [9.17, 15) is 20.4 Å². The van der Waals surface area contributed by atoms with Crippen molar-refractivity contribution in [1.82, 2.24) is 0 Å². The number of fused-ring (bicyclic) bond motifs is 1. The van der Waals surface area contributed by atoms with Gasteiger partial charge < -0.3 is 20.4 Å². The molecule has 0 aromatic carbocycles. The molecule has 0 aromatic heterocycles. The molecule has 31 heavy (non-hydrogen) atoms. The van der Waals surface area contributed by atoms with Gasteiger partial charge in [-0.2, -0.15) is 0 Å². The van der Waals surface area contributed by atoms with E-state index in [-0.39, 0.29) is 17.4 Å². The van der Waals surface area contributed by atoms with Gasteiger partial charge in [0.1, 0.15) is 0 Å². The minimum absolute atomic E-state index is 0.195. The highest BCUT2D eigenvalue weighted by Crippen LogP contribution is 2.60. The van der Waals surface area contributed by atoms with Crippen LogP contribution < -0.4 is 0 Å². The summed E-state index contributed by atoms with van der Waals surface area (Å²) in [5.41, 5.74) is 2.65. The Morgan fingerprint density at radius 1 is 1.23 bits per heavy atom. The summed E-state index contributed by atoms with van der Waals surface area (Å²) in [7, 11) is 0. The van der Waals surface area contributed by atoms with Crippen molar-refractivity contribution < 1.29 is 20.4 Å². The lowest BCUT2D eigenvalue weighted by Crippen LogP contribution is -2.39. The molecule has 0 bridgehead atoms. The summed E-state index contributed by atoms with van der Waals surface area (Å²) in [4.78, 5) is 0. The first-order valence-corrected chi connectivity index (χ1v) is 12.3. The molecular weight excluding hydrogens is 388 g/mol. The van der Waals surface area contributed by atoms with E-state index in [2.05, 4.69) is 32.6 Å². The molecule has 4 nitrogen and oxygen atoms in total. The molecule has 3 aliphatic carbocycles. The van der Waals surface area contributed by atoms with Crippen LogP contribution in [0.2, 0.25) is 0 Å². The Labute approximate surface area is 188 Å². The van der Waals surface area contributed by atoms with Crippen LogP contribution in [0.5, 0.6) is 0 Å². The van der Waals surface area contributed by atoms with Gasteiger partial charge in [0.15, 0.2) is 0 Å². The lowest BCUT2D eigenvalue weighted by Gasteiger charge is -2.45. The summed E-state index contributed by atoms with van der Waals surface area (Å²) in [6, 6.07) is 0. The molecule has 3 saturated carbocycles. The SMILES string of the molecule is C=C1/C(=C\C=C2CCC[C@@]3(C)C2CC[C@@H]3[C@H](C)C(O)CCC(C)(C)O)C[C@@H](O)C[C@H]1O. The molecule has 0 aliphatic heterocycles. The number of allylic oxidation sites excluding steroid dienone is 3. The summed E-state index contributed by atoms with van der Waals surface area (Å²) in [6.45, 7) is 12.3. The molecule has 3 rings (SSSR count). The zero-order valence-corrected chi connectivity index (χ0v) is 20.0. The fraction of sp³-hybridized carbons (Fsp3) is 0.778. The van der Waals surface area contributed by atoms with Crippen LogP contribution in [0, 0.1) is 23.2 Å². The fourth-order valence-electron chi connectivity index (χ4n) is 6.64. The maximum atomic E-state index is 10.9. The minimum atomic E-state index is -0.735. The van der Waals surface area contributed by atoms with E-state index < -0.39 is 17.8 Å². The lowest BCUT2D eigenvalue weighted by atomic mass is 9.60. The van der Waals surface area contributed by atoms with Gasteiger partial charge in [0.05, 0.1) is 23.9 Å². The van der Waals surface area contributed by atoms with E-state index >= 15 is 0 Å². The van der Waals surface area contributed by atoms with E-state index in [1.807, 2.05) is 13.8 Å². The third kappa shape index (κ3) is 5.52. The normalized spacial score (nSPS) is 39.0. The third-order valence-electron chi connectivity index (χ3n) is 8.60. The molecule has 0 amide bonds. The second-order valence-electron chi connectivity index (χ2n) is 11.4. The average Bonchev–Trinajstić information content (AvgIpc) is 3.04. The number of rotatable bonds is 6. The van der Waals surface area contributed by atoms with E-state index in [1.165, 1.54) is 12.0 Å². The van der Waals surface area contributed by atoms with Gasteiger partial charge in [0.25, 0.3) is 0 Å². The average molecular weight is 433 g/mol. The molecule has 0 radical (unpaired) electrons. The topological polar surface area (TPSA) is 80.9 Å². The monoisotopic (exact) mass is 432 g/mol. The summed E-state index contributed by atoms with van der Waals surface area (Å²) in [5, 5.41) is 41.1. The Balaban J connectivity index is 1.74. The smallest absolute Gasteiger partial charge is 0.0811 e. The highest BCUT2D eigenvalue weighted by Gasteiger charge is 2.51. The van der Waals surface area contributed by atoms with Crippen LogP contribution >= 0.6 is 0 Å². The highest BCUT2D eigenvalue weighted by molar-refractivity contribution is 5.38. The Kier molecular flexibility index (Phi) is 7.57. The second kappa shape index (κ2) is 9.51. The molecule has 0 spiro atoms. The standard InChI is InChI=1S/C27H44O4/c1-17-20(15-21(28)16-25(17)30)9-8-19-7-6-13-27(5)22(10-11-23(19)27)18(2)24(29)12-14-26(3,4)31/h8-9,18,21-25,28-31H,1,6-7,10-16H2,2-5H3/b19-8?,20-9-/t18-,21+,22+,23?,24?,25+,27+/m0/s1. The van der Waals surface area contributed by atoms with E-state index in [1.54, 1.807) is 0 Å². The van der Waals surface area contributed by atoms with Gasteiger partial charge in [-0.15, -0.1) is 0 Å². The summed E-state index contributed by atoms with van der Waals surface area (Å²) in [6.07, 6.45) is 10.8. The minimum Gasteiger partial charge on any atom is -0.393 e. The molecule has 3 fully saturated rings. The number of aliphatic hydroxyl groups excluding tert-OH is 3. The van der Waals surface area contributed by atoms with Gasteiger partial charge in [-0.25, -0.2) is 0 Å². The zero-order chi connectivity index (χ0) is 23.0. The quantitative estimate of drug-likeness (QED) is 0.491. The van der Waals surface area contributed by atoms with Crippen molar-refractivity contribution in [2.24, 2.45) is 23.2 Å². The highest BCUT2D eigenvalue weighted by atomic mass is 16.3. The largest absolute Gasteiger partial charge is 0.393 e. The van der Waals surface area contributed by atoms with Crippen LogP contribution in [0.1, 0.15) is 85.5 Å². The summed E-state index contributed by atoms with van der Waals surface area (Å²) >= 11 is 0. The molecule has 4 N–H and O–H groups in total. The molecule has 7 atom stereocenters. The first kappa shape index (κ1) is 24.7. The number of hydrogen-bond acceptors (Lipinski definition) is 4. The molecule has 4 heteroatoms. The maximum absolute atomic E-state index is 10.9. The number of aliphatic hydroxyl groups is 4. The van der Waals surface area contributed by atoms with Crippen LogP contribution in [0.3, 0.4) is 0 Å². The van der Waals surface area contributed by atoms with Crippen LogP contribution in [-0.4, -0.2) is 44.3 Å². The Bertz CT molecular complexity index is 715. The molecule has 2 unspecified atom stereocenters. The Morgan fingerprint density at radius 3 is 2.61 bits per heavy atom. The van der Waals surface area contributed by atoms with Crippen molar-refractivity contribution >= 4 is 0 Å². The predicted octanol–water partition coefficient (Wildman–Crippen LogP) is 4.68. The maximum Gasteiger partial charge on any atom is 0.0811 e. The van der Waals surface area contributed by atoms with E-state index in [0.29, 0.717) is 37.5 Å². The molecule has 0 heterocycles. The molecule has 176 valence electrons. The van der Waals surface area contributed by atoms with Crippen LogP contribution in [-0.2, 0) is 0 Å². The first-order valence-electron chi connectivity index (χ1n) is 12.3. The van der Waals surface area contributed by atoms with Gasteiger partial charge in [0.2, 0.25) is 0 Å². The van der Waals surface area contributed by atoms with Crippen molar-refractivity contribution in [2.45, 2.75) is 109 Å². The van der Waals surface area contributed by atoms with Gasteiger partial charge in [0, 0.05) is 6.42 Å². The van der Waals surface area contributed by atoms with Gasteiger partial charge in [-0.1, -0.05) is 38.2 Å². The van der Waals surface area contributed by atoms with Crippen molar-refractivity contribution in [3.63, 3.8) is 0 Å². The third-order valence-corrected chi connectivity index (χ3v) is 8.60. The van der Waals surface area contributed by atoms with Crippen LogP contribution in [0.15, 0.2) is 35.5 Å². The molecule has 0 aromatic rings. The van der Waals surface area contributed by atoms with Crippen LogP contribution in [0.25, 0.3) is 0 Å².